The minimum atomic E-state index is 0. The Bertz CT molecular complexity index is 333. The van der Waals surface area contributed by atoms with Crippen molar-refractivity contribution in [2.75, 3.05) is 39.8 Å². The van der Waals surface area contributed by atoms with E-state index in [-0.39, 0.29) is 29.5 Å². The quantitative estimate of drug-likeness (QED) is 0.745. The number of nitrogens with one attached hydrogen (secondary N) is 1. The standard InChI is InChI=1S/C15H30N4.HI/c1-12-8-13(2)10-19(9-12)15(3,4)11-17-14-16-6-7-18(14)5;/h12-13H,6-11H2,1-5H3,(H,16,17);1H. The van der Waals surface area contributed by atoms with Crippen LogP contribution in [-0.2, 0) is 0 Å². The van der Waals surface area contributed by atoms with Gasteiger partial charge >= 0.3 is 0 Å². The van der Waals surface area contributed by atoms with Crippen LogP contribution in [0.25, 0.3) is 0 Å². The van der Waals surface area contributed by atoms with Crippen LogP contribution < -0.4 is 5.32 Å². The van der Waals surface area contributed by atoms with Gasteiger partial charge in [-0.2, -0.15) is 0 Å². The van der Waals surface area contributed by atoms with Crippen LogP contribution in [0, 0.1) is 11.8 Å². The van der Waals surface area contributed by atoms with E-state index in [4.69, 9.17) is 0 Å². The normalized spacial score (nSPS) is 28.1. The first-order valence-electron chi connectivity index (χ1n) is 7.63. The molecule has 2 atom stereocenters. The lowest BCUT2D eigenvalue weighted by Crippen LogP contribution is -2.56. The maximum atomic E-state index is 4.51. The molecule has 2 heterocycles. The number of hydrogen-bond donors (Lipinski definition) is 1. The Hall–Kier alpha value is -0.0400. The fraction of sp³-hybridized carbons (Fsp3) is 0.933. The summed E-state index contributed by atoms with van der Waals surface area (Å²) in [6.07, 6.45) is 1.37. The van der Waals surface area contributed by atoms with Crippen LogP contribution in [-0.4, -0.2) is 61.1 Å². The van der Waals surface area contributed by atoms with Gasteiger partial charge < -0.3 is 10.2 Å². The van der Waals surface area contributed by atoms with Crippen LogP contribution in [0.2, 0.25) is 0 Å². The molecule has 2 rings (SSSR count). The Balaban J connectivity index is 0.00000200. The summed E-state index contributed by atoms with van der Waals surface area (Å²) in [6, 6.07) is 0. The predicted molar refractivity (Wildman–Crippen MR) is 96.9 cm³/mol. The van der Waals surface area contributed by atoms with Gasteiger partial charge in [-0.15, -0.1) is 24.0 Å². The van der Waals surface area contributed by atoms with Crippen molar-refractivity contribution >= 4 is 29.9 Å². The Kier molecular flexibility index (Phi) is 6.57. The molecule has 1 fully saturated rings. The topological polar surface area (TPSA) is 30.9 Å². The maximum absolute atomic E-state index is 4.51. The molecule has 1 N–H and O–H groups in total. The summed E-state index contributed by atoms with van der Waals surface area (Å²) in [5.74, 6) is 2.69. The van der Waals surface area contributed by atoms with Crippen molar-refractivity contribution in [3.63, 3.8) is 0 Å². The van der Waals surface area contributed by atoms with Gasteiger partial charge in [-0.3, -0.25) is 9.89 Å². The van der Waals surface area contributed by atoms with Crippen LogP contribution in [0.3, 0.4) is 0 Å². The number of guanidine groups is 1. The zero-order chi connectivity index (χ0) is 14.0. The number of aliphatic imine (C=N–C) groups is 1. The van der Waals surface area contributed by atoms with Crippen LogP contribution in [0.4, 0.5) is 0 Å². The molecule has 0 amide bonds. The fourth-order valence-electron chi connectivity index (χ4n) is 3.29. The van der Waals surface area contributed by atoms with E-state index in [1.807, 2.05) is 0 Å². The van der Waals surface area contributed by atoms with Gasteiger partial charge in [0.25, 0.3) is 0 Å². The van der Waals surface area contributed by atoms with Crippen molar-refractivity contribution in [3.05, 3.63) is 0 Å². The van der Waals surface area contributed by atoms with Gasteiger partial charge in [-0.25, -0.2) is 0 Å². The van der Waals surface area contributed by atoms with Gasteiger partial charge in [0.2, 0.25) is 0 Å². The van der Waals surface area contributed by atoms with Gasteiger partial charge in [-0.1, -0.05) is 13.8 Å². The molecule has 4 nitrogen and oxygen atoms in total. The largest absolute Gasteiger partial charge is 0.354 e. The van der Waals surface area contributed by atoms with Crippen molar-refractivity contribution in [1.82, 2.24) is 15.1 Å². The van der Waals surface area contributed by atoms with E-state index in [1.165, 1.54) is 19.5 Å². The van der Waals surface area contributed by atoms with Crippen molar-refractivity contribution in [2.45, 2.75) is 39.7 Å². The number of hydrogen-bond acceptors (Lipinski definition) is 4. The van der Waals surface area contributed by atoms with E-state index < -0.39 is 0 Å². The molecular weight excluding hydrogens is 363 g/mol. The van der Waals surface area contributed by atoms with Gasteiger partial charge in [0.15, 0.2) is 5.96 Å². The number of likely N-dealkylation sites (tertiary alicyclic amines) is 1. The van der Waals surface area contributed by atoms with E-state index in [9.17, 15) is 0 Å². The minimum Gasteiger partial charge on any atom is -0.354 e. The summed E-state index contributed by atoms with van der Waals surface area (Å²) in [4.78, 5) is 9.36. The second-order valence-electron chi connectivity index (χ2n) is 7.14. The van der Waals surface area contributed by atoms with Crippen molar-refractivity contribution in [2.24, 2.45) is 16.8 Å². The zero-order valence-corrected chi connectivity index (χ0v) is 16.0. The molecule has 118 valence electrons. The summed E-state index contributed by atoms with van der Waals surface area (Å²) < 4.78 is 0. The lowest BCUT2D eigenvalue weighted by atomic mass is 9.88. The fourth-order valence-corrected chi connectivity index (χ4v) is 3.29. The number of nitrogens with zero attached hydrogens (tertiary/aromatic N) is 3. The Morgan fingerprint density at radius 1 is 1.25 bits per heavy atom. The first-order chi connectivity index (χ1) is 8.88. The molecule has 20 heavy (non-hydrogen) atoms. The third-order valence-electron chi connectivity index (χ3n) is 4.46. The van der Waals surface area contributed by atoms with Crippen LogP contribution >= 0.6 is 24.0 Å². The highest BCUT2D eigenvalue weighted by molar-refractivity contribution is 14.0. The number of piperidine rings is 1. The highest BCUT2D eigenvalue weighted by atomic mass is 127. The maximum Gasteiger partial charge on any atom is 0.193 e. The molecule has 0 bridgehead atoms. The molecule has 0 radical (unpaired) electrons. The van der Waals surface area contributed by atoms with Crippen molar-refractivity contribution in [3.8, 4) is 0 Å². The second kappa shape index (κ2) is 7.29. The van der Waals surface area contributed by atoms with Crippen LogP contribution in [0.1, 0.15) is 34.1 Å². The van der Waals surface area contributed by atoms with Crippen molar-refractivity contribution in [1.29, 1.82) is 0 Å². The third-order valence-corrected chi connectivity index (χ3v) is 4.46. The summed E-state index contributed by atoms with van der Waals surface area (Å²) in [7, 11) is 2.11. The Labute approximate surface area is 141 Å². The number of halogens is 1. The third kappa shape index (κ3) is 4.48. The molecule has 1 saturated heterocycles. The lowest BCUT2D eigenvalue weighted by molar-refractivity contribution is 0.0481. The molecule has 0 aromatic carbocycles. The predicted octanol–water partition coefficient (Wildman–Crippen LogP) is 2.25. The molecule has 0 aliphatic carbocycles. The smallest absolute Gasteiger partial charge is 0.193 e. The molecule has 2 aliphatic rings. The van der Waals surface area contributed by atoms with E-state index in [0.717, 1.165) is 37.4 Å². The van der Waals surface area contributed by atoms with E-state index in [0.29, 0.717) is 0 Å². The minimum absolute atomic E-state index is 0. The average Bonchev–Trinajstić information content (AvgIpc) is 2.71. The SMILES string of the molecule is CC1CC(C)CN(C(C)(C)CNC2=NCCN2C)C1.I. The second-order valence-corrected chi connectivity index (χ2v) is 7.14. The van der Waals surface area contributed by atoms with E-state index in [1.54, 1.807) is 0 Å². The molecule has 2 unspecified atom stereocenters. The molecule has 0 spiro atoms. The van der Waals surface area contributed by atoms with Crippen LogP contribution in [0.5, 0.6) is 0 Å². The molecule has 0 aromatic heterocycles. The van der Waals surface area contributed by atoms with E-state index in [2.05, 4.69) is 54.9 Å². The highest BCUT2D eigenvalue weighted by Gasteiger charge is 2.33. The monoisotopic (exact) mass is 394 g/mol. The van der Waals surface area contributed by atoms with Gasteiger partial charge in [0, 0.05) is 38.8 Å². The molecule has 0 aromatic rings. The summed E-state index contributed by atoms with van der Waals surface area (Å²) in [5, 5.41) is 3.53. The molecular formula is C15H31IN4. The average molecular weight is 394 g/mol. The number of likely N-dealkylation sites (N-methyl/N-ethyl adjacent to an activating group) is 1. The first kappa shape index (κ1) is 18.0. The summed E-state index contributed by atoms with van der Waals surface area (Å²) >= 11 is 0. The van der Waals surface area contributed by atoms with Crippen molar-refractivity contribution < 1.29 is 0 Å². The van der Waals surface area contributed by atoms with Gasteiger partial charge in [-0.05, 0) is 32.1 Å². The van der Waals surface area contributed by atoms with Gasteiger partial charge in [0.1, 0.15) is 0 Å². The zero-order valence-electron chi connectivity index (χ0n) is 13.6. The Morgan fingerprint density at radius 3 is 2.35 bits per heavy atom. The highest BCUT2D eigenvalue weighted by Crippen LogP contribution is 2.26. The number of rotatable bonds is 3. The lowest BCUT2D eigenvalue weighted by Gasteiger charge is -2.45. The van der Waals surface area contributed by atoms with Crippen LogP contribution in [0.15, 0.2) is 4.99 Å². The summed E-state index contributed by atoms with van der Waals surface area (Å²) in [6.45, 7) is 14.8. The Morgan fingerprint density at radius 2 is 1.85 bits per heavy atom. The van der Waals surface area contributed by atoms with Gasteiger partial charge in [0.05, 0.1) is 6.54 Å². The first-order valence-corrected chi connectivity index (χ1v) is 7.63. The van der Waals surface area contributed by atoms with E-state index >= 15 is 0 Å². The molecule has 0 saturated carbocycles. The molecule has 5 heteroatoms. The summed E-state index contributed by atoms with van der Waals surface area (Å²) in [5.41, 5.74) is 0.189. The molecule has 2 aliphatic heterocycles.